The zero-order valence-electron chi connectivity index (χ0n) is 16.1. The second-order valence-electron chi connectivity index (χ2n) is 6.46. The summed E-state index contributed by atoms with van der Waals surface area (Å²) in [6, 6.07) is 18.0. The van der Waals surface area contributed by atoms with E-state index in [2.05, 4.69) is 0 Å². The molecule has 2 aromatic rings. The van der Waals surface area contributed by atoms with E-state index in [1.165, 1.54) is 0 Å². The highest BCUT2D eigenvalue weighted by molar-refractivity contribution is 6.10. The van der Waals surface area contributed by atoms with Crippen molar-refractivity contribution in [2.24, 2.45) is 0 Å². The molecule has 27 heavy (non-hydrogen) atoms. The van der Waals surface area contributed by atoms with Crippen LogP contribution < -0.4 is 0 Å². The van der Waals surface area contributed by atoms with Crippen LogP contribution in [0.25, 0.3) is 0 Å². The zero-order valence-corrected chi connectivity index (χ0v) is 16.1. The molecule has 0 aliphatic carbocycles. The van der Waals surface area contributed by atoms with E-state index >= 15 is 0 Å². The number of carbonyl (C=O) groups is 2. The van der Waals surface area contributed by atoms with Gasteiger partial charge >= 0.3 is 11.9 Å². The summed E-state index contributed by atoms with van der Waals surface area (Å²) in [5, 5.41) is 0. The van der Waals surface area contributed by atoms with Gasteiger partial charge in [0, 0.05) is 0 Å². The van der Waals surface area contributed by atoms with Crippen molar-refractivity contribution in [3.8, 4) is 0 Å². The third kappa shape index (κ3) is 4.76. The highest BCUT2D eigenvalue weighted by Crippen LogP contribution is 2.35. The minimum atomic E-state index is -1.62. The average Bonchev–Trinajstić information content (AvgIpc) is 2.71. The van der Waals surface area contributed by atoms with E-state index in [1.807, 2.05) is 50.2 Å². The Morgan fingerprint density at radius 1 is 0.704 bits per heavy atom. The number of esters is 2. The molecule has 144 valence electrons. The summed E-state index contributed by atoms with van der Waals surface area (Å²) in [5.74, 6) is -1.18. The molecule has 0 bridgehead atoms. The van der Waals surface area contributed by atoms with Crippen LogP contribution in [0, 0.1) is 0 Å². The molecule has 0 atom stereocenters. The van der Waals surface area contributed by atoms with Gasteiger partial charge in [-0.05, 0) is 24.0 Å². The number of rotatable bonds is 10. The van der Waals surface area contributed by atoms with Crippen molar-refractivity contribution in [2.45, 2.75) is 44.9 Å². The molecule has 0 aliphatic rings. The van der Waals surface area contributed by atoms with Crippen LogP contribution in [-0.4, -0.2) is 25.2 Å². The van der Waals surface area contributed by atoms with Crippen molar-refractivity contribution in [3.05, 3.63) is 71.8 Å². The van der Waals surface area contributed by atoms with Gasteiger partial charge in [0.25, 0.3) is 0 Å². The lowest BCUT2D eigenvalue weighted by Gasteiger charge is -2.30. The van der Waals surface area contributed by atoms with Gasteiger partial charge in [0.1, 0.15) is 0 Å². The largest absolute Gasteiger partial charge is 0.464 e. The smallest absolute Gasteiger partial charge is 0.332 e. The van der Waals surface area contributed by atoms with Crippen molar-refractivity contribution < 1.29 is 19.1 Å². The topological polar surface area (TPSA) is 52.6 Å². The van der Waals surface area contributed by atoms with Gasteiger partial charge in [-0.1, -0.05) is 87.4 Å². The number of benzene rings is 2. The fourth-order valence-corrected chi connectivity index (χ4v) is 2.93. The van der Waals surface area contributed by atoms with E-state index in [9.17, 15) is 9.59 Å². The number of hydrogen-bond acceptors (Lipinski definition) is 4. The SMILES string of the molecule is CCCCOC(=O)C(C(=O)OCCCC)(c1ccccc1)c1ccccc1. The summed E-state index contributed by atoms with van der Waals surface area (Å²) in [7, 11) is 0. The van der Waals surface area contributed by atoms with Crippen LogP contribution in [0.2, 0.25) is 0 Å². The Labute approximate surface area is 161 Å². The number of carbonyl (C=O) groups excluding carboxylic acids is 2. The number of hydrogen-bond donors (Lipinski definition) is 0. The van der Waals surface area contributed by atoms with Gasteiger partial charge in [0.05, 0.1) is 13.2 Å². The van der Waals surface area contributed by atoms with Crippen molar-refractivity contribution in [1.29, 1.82) is 0 Å². The maximum Gasteiger partial charge on any atom is 0.332 e. The molecule has 0 heterocycles. The highest BCUT2D eigenvalue weighted by Gasteiger charge is 2.52. The lowest BCUT2D eigenvalue weighted by Crippen LogP contribution is -2.47. The summed E-state index contributed by atoms with van der Waals surface area (Å²) < 4.78 is 11.1. The average molecular weight is 368 g/mol. The molecule has 0 spiro atoms. The van der Waals surface area contributed by atoms with Crippen LogP contribution in [0.4, 0.5) is 0 Å². The molecule has 2 aromatic carbocycles. The molecule has 0 aromatic heterocycles. The van der Waals surface area contributed by atoms with Crippen molar-refractivity contribution in [2.75, 3.05) is 13.2 Å². The zero-order chi connectivity index (χ0) is 19.5. The maximum absolute atomic E-state index is 13.3. The summed E-state index contributed by atoms with van der Waals surface area (Å²) in [6.45, 7) is 4.60. The van der Waals surface area contributed by atoms with E-state index in [-0.39, 0.29) is 13.2 Å². The minimum Gasteiger partial charge on any atom is -0.464 e. The van der Waals surface area contributed by atoms with E-state index in [0.717, 1.165) is 25.7 Å². The maximum atomic E-state index is 13.3. The molecule has 0 amide bonds. The third-order valence-corrected chi connectivity index (χ3v) is 4.49. The predicted octanol–water partition coefficient (Wildman–Crippen LogP) is 4.66. The van der Waals surface area contributed by atoms with Crippen molar-refractivity contribution >= 4 is 11.9 Å². The summed E-state index contributed by atoms with van der Waals surface area (Å²) in [6.07, 6.45) is 3.29. The van der Waals surface area contributed by atoms with Crippen LogP contribution in [0.3, 0.4) is 0 Å². The molecule has 0 aliphatic heterocycles. The van der Waals surface area contributed by atoms with Gasteiger partial charge in [-0.25, -0.2) is 0 Å². The van der Waals surface area contributed by atoms with Crippen LogP contribution in [0.5, 0.6) is 0 Å². The molecule has 0 unspecified atom stereocenters. The van der Waals surface area contributed by atoms with E-state index in [1.54, 1.807) is 24.3 Å². The first-order valence-electron chi connectivity index (χ1n) is 9.63. The first-order chi connectivity index (χ1) is 13.2. The molecular weight excluding hydrogens is 340 g/mol. The summed E-state index contributed by atoms with van der Waals surface area (Å²) in [4.78, 5) is 26.6. The van der Waals surface area contributed by atoms with Crippen LogP contribution >= 0.6 is 0 Å². The second kappa shape index (κ2) is 10.5. The Morgan fingerprint density at radius 2 is 1.07 bits per heavy atom. The standard InChI is InChI=1S/C23H28O4/c1-3-5-17-26-21(24)23(19-13-9-7-10-14-19,20-15-11-8-12-16-20)22(25)27-18-6-4-2/h7-16H,3-6,17-18H2,1-2H3. The summed E-state index contributed by atoms with van der Waals surface area (Å²) in [5.41, 5.74) is -0.511. The normalized spacial score (nSPS) is 11.0. The third-order valence-electron chi connectivity index (χ3n) is 4.49. The molecule has 0 saturated heterocycles. The van der Waals surface area contributed by atoms with Gasteiger partial charge in [0.2, 0.25) is 5.41 Å². The highest BCUT2D eigenvalue weighted by atomic mass is 16.6. The van der Waals surface area contributed by atoms with Gasteiger partial charge < -0.3 is 9.47 Å². The van der Waals surface area contributed by atoms with Crippen molar-refractivity contribution in [3.63, 3.8) is 0 Å². The molecule has 2 rings (SSSR count). The Morgan fingerprint density at radius 3 is 1.41 bits per heavy atom. The molecule has 4 heteroatoms. The Kier molecular flexibility index (Phi) is 8.05. The quantitative estimate of drug-likeness (QED) is 0.348. The van der Waals surface area contributed by atoms with E-state index in [4.69, 9.17) is 9.47 Å². The fraction of sp³-hybridized carbons (Fsp3) is 0.391. The molecule has 0 fully saturated rings. The lowest BCUT2D eigenvalue weighted by atomic mass is 9.74. The molecular formula is C23H28O4. The summed E-state index contributed by atoms with van der Waals surface area (Å²) >= 11 is 0. The van der Waals surface area contributed by atoms with Crippen molar-refractivity contribution in [1.82, 2.24) is 0 Å². The number of unbranched alkanes of at least 4 members (excludes halogenated alkanes) is 2. The molecule has 4 nitrogen and oxygen atoms in total. The van der Waals surface area contributed by atoms with Gasteiger partial charge in [0.15, 0.2) is 0 Å². The van der Waals surface area contributed by atoms with E-state index < -0.39 is 17.4 Å². The first kappa shape index (κ1) is 20.7. The van der Waals surface area contributed by atoms with E-state index in [0.29, 0.717) is 11.1 Å². The molecule has 0 radical (unpaired) electrons. The van der Waals surface area contributed by atoms with Gasteiger partial charge in [-0.2, -0.15) is 0 Å². The molecule has 0 N–H and O–H groups in total. The Balaban J connectivity index is 2.54. The fourth-order valence-electron chi connectivity index (χ4n) is 2.93. The minimum absolute atomic E-state index is 0.277. The predicted molar refractivity (Wildman–Crippen MR) is 105 cm³/mol. The molecule has 0 saturated carbocycles. The van der Waals surface area contributed by atoms with Crippen LogP contribution in [0.15, 0.2) is 60.7 Å². The Hall–Kier alpha value is -2.62. The van der Waals surface area contributed by atoms with Crippen LogP contribution in [0.1, 0.15) is 50.7 Å². The lowest BCUT2D eigenvalue weighted by molar-refractivity contribution is -0.163. The van der Waals surface area contributed by atoms with Crippen LogP contribution in [-0.2, 0) is 24.5 Å². The monoisotopic (exact) mass is 368 g/mol. The van der Waals surface area contributed by atoms with Gasteiger partial charge in [-0.3, -0.25) is 9.59 Å². The van der Waals surface area contributed by atoms with Gasteiger partial charge in [-0.15, -0.1) is 0 Å². The number of ether oxygens (including phenoxy) is 2. The first-order valence-corrected chi connectivity index (χ1v) is 9.63. The Bertz CT molecular complexity index is 646. The second-order valence-corrected chi connectivity index (χ2v) is 6.46.